The number of ketones is 1. The standard InChI is InChI=1S/C23H17F3N2O4/c1-2-32-20(30)10-9-19(29)21-22(31)16(12-27)15-8-7-13(11-18(15)28-21)14-5-3-4-6-17(14)23(24,25)26/h3-8,11,31H,2,9-10H2,1H3. The lowest BCUT2D eigenvalue weighted by atomic mass is 9.96. The lowest BCUT2D eigenvalue weighted by molar-refractivity contribution is -0.143. The number of benzene rings is 2. The normalized spacial score (nSPS) is 11.2. The van der Waals surface area contributed by atoms with Crippen LogP contribution in [0.4, 0.5) is 13.2 Å². The number of hydrogen-bond donors (Lipinski definition) is 1. The maximum absolute atomic E-state index is 13.4. The summed E-state index contributed by atoms with van der Waals surface area (Å²) in [5, 5.41) is 20.0. The van der Waals surface area contributed by atoms with Crippen molar-refractivity contribution >= 4 is 22.7 Å². The number of esters is 1. The second-order valence-corrected chi connectivity index (χ2v) is 6.80. The molecule has 0 amide bonds. The Hall–Kier alpha value is -3.93. The number of hydrogen-bond acceptors (Lipinski definition) is 6. The molecule has 0 saturated heterocycles. The molecule has 0 radical (unpaired) electrons. The van der Waals surface area contributed by atoms with Gasteiger partial charge < -0.3 is 9.84 Å². The van der Waals surface area contributed by atoms with Gasteiger partial charge in [0.1, 0.15) is 17.3 Å². The van der Waals surface area contributed by atoms with Crippen LogP contribution in [0.3, 0.4) is 0 Å². The van der Waals surface area contributed by atoms with Gasteiger partial charge in [-0.05, 0) is 30.2 Å². The van der Waals surface area contributed by atoms with Gasteiger partial charge in [0.15, 0.2) is 11.5 Å². The van der Waals surface area contributed by atoms with Crippen molar-refractivity contribution in [2.45, 2.75) is 25.9 Å². The van der Waals surface area contributed by atoms with E-state index in [-0.39, 0.29) is 47.0 Å². The van der Waals surface area contributed by atoms with Crippen LogP contribution in [0.15, 0.2) is 42.5 Å². The first-order valence-electron chi connectivity index (χ1n) is 9.59. The summed E-state index contributed by atoms with van der Waals surface area (Å²) in [7, 11) is 0. The monoisotopic (exact) mass is 442 g/mol. The average molecular weight is 442 g/mol. The second-order valence-electron chi connectivity index (χ2n) is 6.80. The first kappa shape index (κ1) is 22.7. The minimum atomic E-state index is -4.58. The van der Waals surface area contributed by atoms with Crippen LogP contribution < -0.4 is 0 Å². The molecule has 3 aromatic rings. The third-order valence-corrected chi connectivity index (χ3v) is 4.74. The van der Waals surface area contributed by atoms with E-state index < -0.39 is 34.9 Å². The summed E-state index contributed by atoms with van der Waals surface area (Å²) in [6.45, 7) is 1.76. The molecular weight excluding hydrogens is 425 g/mol. The van der Waals surface area contributed by atoms with Crippen molar-refractivity contribution in [3.63, 3.8) is 0 Å². The Morgan fingerprint density at radius 2 is 1.88 bits per heavy atom. The van der Waals surface area contributed by atoms with Gasteiger partial charge in [0.2, 0.25) is 0 Å². The van der Waals surface area contributed by atoms with Crippen LogP contribution in [0.25, 0.3) is 22.0 Å². The number of fused-ring (bicyclic) bond motifs is 1. The summed E-state index contributed by atoms with van der Waals surface area (Å²) >= 11 is 0. The molecule has 0 bridgehead atoms. The predicted molar refractivity (Wildman–Crippen MR) is 109 cm³/mol. The van der Waals surface area contributed by atoms with Crippen molar-refractivity contribution in [2.24, 2.45) is 0 Å². The number of carbonyl (C=O) groups excluding carboxylic acids is 2. The number of aromatic hydroxyl groups is 1. The molecule has 1 heterocycles. The summed E-state index contributed by atoms with van der Waals surface area (Å²) in [6, 6.07) is 10.9. The third kappa shape index (κ3) is 4.54. The van der Waals surface area contributed by atoms with Crippen LogP contribution in [0.1, 0.15) is 41.4 Å². The highest BCUT2D eigenvalue weighted by atomic mass is 19.4. The Morgan fingerprint density at radius 3 is 2.53 bits per heavy atom. The minimum absolute atomic E-state index is 0.0633. The second kappa shape index (κ2) is 9.06. The number of pyridine rings is 1. The van der Waals surface area contributed by atoms with Gasteiger partial charge in [0.05, 0.1) is 24.1 Å². The van der Waals surface area contributed by atoms with Crippen LogP contribution in [0.2, 0.25) is 0 Å². The van der Waals surface area contributed by atoms with E-state index in [2.05, 4.69) is 4.98 Å². The largest absolute Gasteiger partial charge is 0.504 e. The topological polar surface area (TPSA) is 100 Å². The summed E-state index contributed by atoms with van der Waals surface area (Å²) in [6.07, 6.45) is -5.14. The fourth-order valence-corrected chi connectivity index (χ4v) is 3.28. The van der Waals surface area contributed by atoms with Crippen molar-refractivity contribution in [1.29, 1.82) is 5.26 Å². The Kier molecular flexibility index (Phi) is 6.44. The lowest BCUT2D eigenvalue weighted by Gasteiger charge is -2.14. The van der Waals surface area contributed by atoms with Gasteiger partial charge in [0, 0.05) is 11.8 Å². The van der Waals surface area contributed by atoms with Crippen molar-refractivity contribution in [3.05, 3.63) is 59.3 Å². The van der Waals surface area contributed by atoms with Gasteiger partial charge in [-0.25, -0.2) is 4.98 Å². The molecule has 0 aliphatic carbocycles. The number of nitrogens with zero attached hydrogens (tertiary/aromatic N) is 2. The van der Waals surface area contributed by atoms with Crippen LogP contribution in [0.5, 0.6) is 5.75 Å². The highest BCUT2D eigenvalue weighted by Crippen LogP contribution is 2.38. The third-order valence-electron chi connectivity index (χ3n) is 4.74. The molecule has 32 heavy (non-hydrogen) atoms. The van der Waals surface area contributed by atoms with Gasteiger partial charge in [-0.3, -0.25) is 9.59 Å². The summed E-state index contributed by atoms with van der Waals surface area (Å²) in [4.78, 5) is 28.2. The summed E-state index contributed by atoms with van der Waals surface area (Å²) in [5.74, 6) is -1.94. The van der Waals surface area contributed by atoms with E-state index in [0.29, 0.717) is 0 Å². The molecular formula is C23H17F3N2O4. The average Bonchev–Trinajstić information content (AvgIpc) is 2.76. The van der Waals surface area contributed by atoms with Gasteiger partial charge in [-0.2, -0.15) is 18.4 Å². The number of rotatable bonds is 6. The van der Waals surface area contributed by atoms with Crippen LogP contribution >= 0.6 is 0 Å². The fraction of sp³-hybridized carbons (Fsp3) is 0.217. The number of halogens is 3. The molecule has 2 aromatic carbocycles. The summed E-state index contributed by atoms with van der Waals surface area (Å²) < 4.78 is 45.0. The zero-order valence-electron chi connectivity index (χ0n) is 16.9. The van der Waals surface area contributed by atoms with E-state index >= 15 is 0 Å². The van der Waals surface area contributed by atoms with E-state index in [1.54, 1.807) is 13.0 Å². The first-order valence-corrected chi connectivity index (χ1v) is 9.59. The van der Waals surface area contributed by atoms with Crippen LogP contribution in [-0.2, 0) is 15.7 Å². The maximum Gasteiger partial charge on any atom is 0.417 e. The SMILES string of the molecule is CCOC(=O)CCC(=O)c1nc2cc(-c3ccccc3C(F)(F)F)ccc2c(C#N)c1O. The molecule has 164 valence electrons. The summed E-state index contributed by atoms with van der Waals surface area (Å²) in [5.41, 5.74) is -1.36. The zero-order valence-corrected chi connectivity index (χ0v) is 16.9. The van der Waals surface area contributed by atoms with Gasteiger partial charge >= 0.3 is 12.1 Å². The molecule has 0 aliphatic heterocycles. The Bertz CT molecular complexity index is 1250. The van der Waals surface area contributed by atoms with Crippen LogP contribution in [0, 0.1) is 11.3 Å². The highest BCUT2D eigenvalue weighted by molar-refractivity contribution is 6.03. The van der Waals surface area contributed by atoms with E-state index in [1.165, 1.54) is 36.4 Å². The number of ether oxygens (including phenoxy) is 1. The number of Topliss-reactive ketones (excluding diaryl/α,β-unsaturated/α-hetero) is 1. The van der Waals surface area contributed by atoms with Crippen molar-refractivity contribution in [2.75, 3.05) is 6.61 Å². The van der Waals surface area contributed by atoms with Crippen molar-refractivity contribution < 1.29 is 32.6 Å². The fourth-order valence-electron chi connectivity index (χ4n) is 3.28. The molecule has 1 N–H and O–H groups in total. The molecule has 1 aromatic heterocycles. The molecule has 0 fully saturated rings. The van der Waals surface area contributed by atoms with E-state index in [0.717, 1.165) is 6.07 Å². The highest BCUT2D eigenvalue weighted by Gasteiger charge is 2.33. The van der Waals surface area contributed by atoms with E-state index in [4.69, 9.17) is 4.74 Å². The minimum Gasteiger partial charge on any atom is -0.504 e. The van der Waals surface area contributed by atoms with E-state index in [9.17, 15) is 33.1 Å². The molecule has 0 aliphatic rings. The molecule has 3 rings (SSSR count). The van der Waals surface area contributed by atoms with Crippen molar-refractivity contribution in [1.82, 2.24) is 4.98 Å². The molecule has 9 heteroatoms. The van der Waals surface area contributed by atoms with Gasteiger partial charge in [-0.15, -0.1) is 0 Å². The first-order chi connectivity index (χ1) is 15.2. The predicted octanol–water partition coefficient (Wildman–Crippen LogP) is 5.02. The zero-order chi connectivity index (χ0) is 23.5. The number of aromatic nitrogens is 1. The quantitative estimate of drug-likeness (QED) is 0.425. The Morgan fingerprint density at radius 1 is 1.16 bits per heavy atom. The lowest BCUT2D eigenvalue weighted by Crippen LogP contribution is -2.10. The Balaban J connectivity index is 2.10. The van der Waals surface area contributed by atoms with E-state index in [1.807, 2.05) is 0 Å². The smallest absolute Gasteiger partial charge is 0.417 e. The van der Waals surface area contributed by atoms with Gasteiger partial charge in [0.25, 0.3) is 0 Å². The Labute approximate surface area is 180 Å². The molecule has 0 atom stereocenters. The number of alkyl halides is 3. The molecule has 0 unspecified atom stereocenters. The maximum atomic E-state index is 13.4. The number of carbonyl (C=O) groups is 2. The molecule has 0 saturated carbocycles. The number of nitriles is 1. The van der Waals surface area contributed by atoms with Crippen LogP contribution in [-0.4, -0.2) is 28.4 Å². The molecule has 0 spiro atoms. The van der Waals surface area contributed by atoms with Crippen molar-refractivity contribution in [3.8, 4) is 22.9 Å². The molecule has 6 nitrogen and oxygen atoms in total. The van der Waals surface area contributed by atoms with Gasteiger partial charge in [-0.1, -0.05) is 30.3 Å².